The molecule has 1 aromatic heterocycles. The van der Waals surface area contributed by atoms with Gasteiger partial charge in [0.05, 0.1) is 6.26 Å². The van der Waals surface area contributed by atoms with E-state index in [1.807, 2.05) is 39.0 Å². The number of rotatable bonds is 3. The molecule has 2 N–H and O–H groups in total. The molecule has 0 aliphatic carbocycles. The number of furan rings is 1. The van der Waals surface area contributed by atoms with Gasteiger partial charge in [-0.2, -0.15) is 5.10 Å². The van der Waals surface area contributed by atoms with Gasteiger partial charge in [0.25, 0.3) is 0 Å². The number of hydrogen-bond acceptors (Lipinski definition) is 3. The third kappa shape index (κ3) is 6.52. The van der Waals surface area contributed by atoms with Crippen molar-refractivity contribution in [2.24, 2.45) is 5.10 Å². The number of hydrogen-bond donors (Lipinski definition) is 2. The Kier molecular flexibility index (Phi) is 4.90. The zero-order chi connectivity index (χ0) is 12.7. The van der Waals surface area contributed by atoms with Gasteiger partial charge in [0.1, 0.15) is 5.76 Å². The smallest absolute Gasteiger partial charge is 0.187 e. The second-order valence-electron chi connectivity index (χ2n) is 4.47. The largest absolute Gasteiger partial charge is 0.465 e. The maximum absolute atomic E-state index is 5.12. The van der Waals surface area contributed by atoms with Crippen LogP contribution in [0, 0.1) is 0 Å². The Bertz CT molecular complexity index is 402. The van der Waals surface area contributed by atoms with Crippen molar-refractivity contribution in [3.63, 3.8) is 0 Å². The molecule has 5 heteroatoms. The van der Waals surface area contributed by atoms with Crippen molar-refractivity contribution in [2.75, 3.05) is 0 Å². The molecule has 92 valence electrons. The van der Waals surface area contributed by atoms with Crippen LogP contribution >= 0.6 is 12.2 Å². The molecule has 1 heterocycles. The van der Waals surface area contributed by atoms with Crippen molar-refractivity contribution in [1.29, 1.82) is 0 Å². The standard InChI is InChI=1S/C12H17N3OS/c1-12(2,3)14-11(17)15-13-8-4-6-10-7-5-9-16-10/h4-9H,1-3H3,(H2,14,15,17)/b6-4+,13-8+. The van der Waals surface area contributed by atoms with E-state index in [0.717, 1.165) is 5.76 Å². The minimum Gasteiger partial charge on any atom is -0.465 e. The van der Waals surface area contributed by atoms with Gasteiger partial charge in [-0.1, -0.05) is 0 Å². The molecule has 0 bridgehead atoms. The maximum atomic E-state index is 5.12. The van der Waals surface area contributed by atoms with Crippen LogP contribution in [0.2, 0.25) is 0 Å². The molecule has 0 saturated heterocycles. The third-order valence-corrected chi connectivity index (χ3v) is 1.81. The zero-order valence-electron chi connectivity index (χ0n) is 10.2. The van der Waals surface area contributed by atoms with Crippen LogP contribution in [-0.2, 0) is 0 Å². The summed E-state index contributed by atoms with van der Waals surface area (Å²) >= 11 is 5.05. The first kappa shape index (κ1) is 13.4. The molecule has 0 aliphatic rings. The first-order valence-electron chi connectivity index (χ1n) is 5.29. The molecule has 1 aromatic rings. The van der Waals surface area contributed by atoms with Gasteiger partial charge in [-0.25, -0.2) is 0 Å². The average molecular weight is 251 g/mol. The summed E-state index contributed by atoms with van der Waals surface area (Å²) in [5.41, 5.74) is 2.66. The summed E-state index contributed by atoms with van der Waals surface area (Å²) in [6.07, 6.45) is 6.81. The lowest BCUT2D eigenvalue weighted by molar-refractivity contribution is 0.508. The molecule has 0 saturated carbocycles. The highest BCUT2D eigenvalue weighted by Crippen LogP contribution is 2.01. The lowest BCUT2D eigenvalue weighted by atomic mass is 10.1. The Morgan fingerprint density at radius 3 is 2.82 bits per heavy atom. The topological polar surface area (TPSA) is 49.6 Å². The van der Waals surface area contributed by atoms with E-state index < -0.39 is 0 Å². The molecule has 0 atom stereocenters. The van der Waals surface area contributed by atoms with Gasteiger partial charge in [0, 0.05) is 11.8 Å². The Labute approximate surface area is 107 Å². The number of allylic oxidation sites excluding steroid dienone is 1. The number of nitrogens with one attached hydrogen (secondary N) is 2. The Hall–Kier alpha value is -1.62. The predicted molar refractivity (Wildman–Crippen MR) is 74.9 cm³/mol. The highest BCUT2D eigenvalue weighted by molar-refractivity contribution is 7.80. The summed E-state index contributed by atoms with van der Waals surface area (Å²) in [7, 11) is 0. The van der Waals surface area contributed by atoms with Crippen molar-refractivity contribution in [2.45, 2.75) is 26.3 Å². The molecular formula is C12H17N3OS. The normalized spacial score (nSPS) is 12.2. The van der Waals surface area contributed by atoms with Gasteiger partial charge in [-0.05, 0) is 57.3 Å². The molecule has 0 fully saturated rings. The van der Waals surface area contributed by atoms with Crippen LogP contribution in [-0.4, -0.2) is 16.9 Å². The molecule has 0 radical (unpaired) electrons. The zero-order valence-corrected chi connectivity index (χ0v) is 11.0. The lowest BCUT2D eigenvalue weighted by Gasteiger charge is -2.21. The Morgan fingerprint density at radius 2 is 2.24 bits per heavy atom. The third-order valence-electron chi connectivity index (χ3n) is 1.62. The lowest BCUT2D eigenvalue weighted by Crippen LogP contribution is -2.44. The summed E-state index contributed by atoms with van der Waals surface area (Å²) in [5.74, 6) is 0.784. The first-order chi connectivity index (χ1) is 7.97. The van der Waals surface area contributed by atoms with Crippen LogP contribution in [0.1, 0.15) is 26.5 Å². The summed E-state index contributed by atoms with van der Waals surface area (Å²) in [6.45, 7) is 6.09. The average Bonchev–Trinajstić information content (AvgIpc) is 2.67. The molecule has 17 heavy (non-hydrogen) atoms. The van der Waals surface area contributed by atoms with Crippen molar-refractivity contribution >= 4 is 29.6 Å². The van der Waals surface area contributed by atoms with Crippen LogP contribution in [0.15, 0.2) is 34.0 Å². The van der Waals surface area contributed by atoms with Crippen LogP contribution in [0.5, 0.6) is 0 Å². The summed E-state index contributed by atoms with van der Waals surface area (Å²) in [4.78, 5) is 0. The second kappa shape index (κ2) is 6.20. The monoisotopic (exact) mass is 251 g/mol. The molecule has 0 aromatic carbocycles. The molecule has 0 spiro atoms. The molecule has 0 amide bonds. The highest BCUT2D eigenvalue weighted by atomic mass is 32.1. The van der Waals surface area contributed by atoms with Crippen LogP contribution < -0.4 is 10.7 Å². The predicted octanol–water partition coefficient (Wildman–Crippen LogP) is 2.54. The fourth-order valence-corrected chi connectivity index (χ4v) is 1.39. The summed E-state index contributed by atoms with van der Waals surface area (Å²) in [6, 6.07) is 3.70. The van der Waals surface area contributed by atoms with Gasteiger partial charge in [0.15, 0.2) is 5.11 Å². The van der Waals surface area contributed by atoms with E-state index in [4.69, 9.17) is 16.6 Å². The first-order valence-corrected chi connectivity index (χ1v) is 5.69. The molecule has 1 rings (SSSR count). The van der Waals surface area contributed by atoms with Gasteiger partial charge >= 0.3 is 0 Å². The summed E-state index contributed by atoms with van der Waals surface area (Å²) < 4.78 is 5.12. The Morgan fingerprint density at radius 1 is 1.47 bits per heavy atom. The van der Waals surface area contributed by atoms with E-state index in [1.165, 1.54) is 0 Å². The van der Waals surface area contributed by atoms with Crippen LogP contribution in [0.25, 0.3) is 6.08 Å². The quantitative estimate of drug-likeness (QED) is 0.492. The maximum Gasteiger partial charge on any atom is 0.187 e. The SMILES string of the molecule is CC(C)(C)NC(=S)N/N=C/C=C/c1ccco1. The van der Waals surface area contributed by atoms with E-state index in [2.05, 4.69) is 15.8 Å². The molecule has 4 nitrogen and oxygen atoms in total. The molecule has 0 aliphatic heterocycles. The van der Waals surface area contributed by atoms with Gasteiger partial charge in [-0.3, -0.25) is 5.43 Å². The van der Waals surface area contributed by atoms with E-state index in [1.54, 1.807) is 18.6 Å². The minimum absolute atomic E-state index is 0.0659. The fourth-order valence-electron chi connectivity index (χ4n) is 1.03. The molecule has 0 unspecified atom stereocenters. The van der Waals surface area contributed by atoms with E-state index >= 15 is 0 Å². The van der Waals surface area contributed by atoms with Gasteiger partial charge in [-0.15, -0.1) is 0 Å². The highest BCUT2D eigenvalue weighted by Gasteiger charge is 2.09. The minimum atomic E-state index is -0.0659. The van der Waals surface area contributed by atoms with Gasteiger partial charge in [0.2, 0.25) is 0 Å². The Balaban J connectivity index is 2.29. The number of nitrogens with zero attached hydrogens (tertiary/aromatic N) is 1. The van der Waals surface area contributed by atoms with Gasteiger partial charge < -0.3 is 9.73 Å². The van der Waals surface area contributed by atoms with E-state index in [0.29, 0.717) is 5.11 Å². The van der Waals surface area contributed by atoms with Crippen molar-refractivity contribution < 1.29 is 4.42 Å². The van der Waals surface area contributed by atoms with Crippen molar-refractivity contribution in [1.82, 2.24) is 10.7 Å². The van der Waals surface area contributed by atoms with Crippen molar-refractivity contribution in [3.05, 3.63) is 30.2 Å². The molecular weight excluding hydrogens is 234 g/mol. The van der Waals surface area contributed by atoms with Crippen molar-refractivity contribution in [3.8, 4) is 0 Å². The number of hydrazone groups is 1. The van der Waals surface area contributed by atoms with E-state index in [-0.39, 0.29) is 5.54 Å². The number of thiocarbonyl (C=S) groups is 1. The summed E-state index contributed by atoms with van der Waals surface area (Å²) in [5, 5.41) is 7.54. The van der Waals surface area contributed by atoms with Crippen LogP contribution in [0.3, 0.4) is 0 Å². The van der Waals surface area contributed by atoms with E-state index in [9.17, 15) is 0 Å². The van der Waals surface area contributed by atoms with Crippen LogP contribution in [0.4, 0.5) is 0 Å². The second-order valence-corrected chi connectivity index (χ2v) is 4.88. The fraction of sp³-hybridized carbons (Fsp3) is 0.333.